The number of nitrogens with zero attached hydrogens (tertiary/aromatic N) is 2. The summed E-state index contributed by atoms with van der Waals surface area (Å²) in [6.45, 7) is 4.78. The van der Waals surface area contributed by atoms with E-state index in [4.69, 9.17) is 9.73 Å². The Bertz CT molecular complexity index is 1120. The van der Waals surface area contributed by atoms with Gasteiger partial charge in [-0.3, -0.25) is 9.89 Å². The van der Waals surface area contributed by atoms with Crippen molar-refractivity contribution in [2.45, 2.75) is 49.9 Å². The lowest BCUT2D eigenvalue weighted by Gasteiger charge is -2.26. The molecule has 1 aromatic carbocycles. The van der Waals surface area contributed by atoms with Crippen molar-refractivity contribution in [1.82, 2.24) is 9.88 Å². The summed E-state index contributed by atoms with van der Waals surface area (Å²) in [6, 6.07) is 6.95. The van der Waals surface area contributed by atoms with E-state index in [-0.39, 0.29) is 5.75 Å². The third-order valence-corrected chi connectivity index (χ3v) is 8.76. The molecule has 1 aliphatic carbocycles. The highest BCUT2D eigenvalue weighted by Gasteiger charge is 2.23. The summed E-state index contributed by atoms with van der Waals surface area (Å²) in [6.07, 6.45) is 7.20. The van der Waals surface area contributed by atoms with Crippen LogP contribution in [0.25, 0.3) is 10.9 Å². The highest BCUT2D eigenvalue weighted by Crippen LogP contribution is 2.33. The number of anilines is 1. The van der Waals surface area contributed by atoms with Crippen molar-refractivity contribution < 1.29 is 13.2 Å². The van der Waals surface area contributed by atoms with Crippen LogP contribution in [0.2, 0.25) is 0 Å². The average Bonchev–Trinajstić information content (AvgIpc) is 3.52. The maximum absolute atomic E-state index is 12.0. The third-order valence-electron chi connectivity index (χ3n) is 6.76. The lowest BCUT2D eigenvalue weighted by molar-refractivity contribution is 0.0369. The zero-order chi connectivity index (χ0) is 22.8. The summed E-state index contributed by atoms with van der Waals surface area (Å²) in [5, 5.41) is 5.80. The molecule has 7 nitrogen and oxygen atoms in total. The molecule has 2 fully saturated rings. The van der Waals surface area contributed by atoms with Crippen LogP contribution < -0.4 is 5.32 Å². The molecule has 0 bridgehead atoms. The number of aromatic amines is 1. The Hall–Kier alpha value is -1.55. The first kappa shape index (κ1) is 23.2. The molecule has 2 aromatic rings. The average molecular weight is 491 g/mol. The normalized spacial score (nSPS) is 22.8. The minimum atomic E-state index is -3.10. The Morgan fingerprint density at radius 1 is 1.21 bits per heavy atom. The fourth-order valence-corrected chi connectivity index (χ4v) is 6.93. The zero-order valence-electron chi connectivity index (χ0n) is 19.3. The van der Waals surface area contributed by atoms with Gasteiger partial charge < -0.3 is 15.0 Å². The summed E-state index contributed by atoms with van der Waals surface area (Å²) in [7, 11) is -3.10. The minimum Gasteiger partial charge on any atom is -0.381 e. The molecular weight excluding hydrogens is 456 g/mol. The molecule has 1 atom stereocenters. The van der Waals surface area contributed by atoms with E-state index in [1.54, 1.807) is 0 Å². The van der Waals surface area contributed by atoms with E-state index >= 15 is 0 Å². The Morgan fingerprint density at radius 2 is 2.00 bits per heavy atom. The number of hydrogen-bond acceptors (Lipinski definition) is 7. The van der Waals surface area contributed by atoms with Gasteiger partial charge in [0.05, 0.1) is 41.9 Å². The van der Waals surface area contributed by atoms with Crippen molar-refractivity contribution in [3.8, 4) is 0 Å². The molecule has 33 heavy (non-hydrogen) atoms. The lowest BCUT2D eigenvalue weighted by atomic mass is 10.1. The smallest absolute Gasteiger partial charge is 0.151 e. The number of nitrogens with one attached hydrogen (secondary N) is 2. The molecule has 3 aliphatic rings. The molecule has 1 aromatic heterocycles. The first-order valence-electron chi connectivity index (χ1n) is 12.0. The Kier molecular flexibility index (Phi) is 7.02. The molecule has 1 saturated heterocycles. The summed E-state index contributed by atoms with van der Waals surface area (Å²) < 4.78 is 29.4. The van der Waals surface area contributed by atoms with Crippen molar-refractivity contribution in [1.29, 1.82) is 0 Å². The summed E-state index contributed by atoms with van der Waals surface area (Å²) >= 11 is 1.82. The van der Waals surface area contributed by atoms with E-state index in [0.29, 0.717) is 12.1 Å². The van der Waals surface area contributed by atoms with Crippen LogP contribution in [0, 0.1) is 0 Å². The maximum atomic E-state index is 12.0. The van der Waals surface area contributed by atoms with Crippen LogP contribution in [0.3, 0.4) is 0 Å². The van der Waals surface area contributed by atoms with E-state index in [1.165, 1.54) is 31.9 Å². The van der Waals surface area contributed by atoms with Crippen molar-refractivity contribution >= 4 is 43.2 Å². The molecule has 0 amide bonds. The number of aliphatic imine (C=N–C) groups is 1. The van der Waals surface area contributed by atoms with Gasteiger partial charge in [-0.05, 0) is 43.0 Å². The highest BCUT2D eigenvalue weighted by molar-refractivity contribution is 8.14. The van der Waals surface area contributed by atoms with Crippen LogP contribution in [0.4, 0.5) is 5.69 Å². The van der Waals surface area contributed by atoms with Gasteiger partial charge in [0.15, 0.2) is 9.84 Å². The monoisotopic (exact) mass is 490 g/mol. The number of hydrogen-bond donors (Lipinski definition) is 2. The maximum Gasteiger partial charge on any atom is 0.151 e. The largest absolute Gasteiger partial charge is 0.381 e. The van der Waals surface area contributed by atoms with Crippen molar-refractivity contribution in [2.75, 3.05) is 50.2 Å². The van der Waals surface area contributed by atoms with Crippen LogP contribution in [-0.2, 0) is 20.3 Å². The van der Waals surface area contributed by atoms with Crippen molar-refractivity contribution in [3.05, 3.63) is 29.5 Å². The number of thioether (sulfide) groups is 1. The molecule has 180 valence electrons. The van der Waals surface area contributed by atoms with Crippen LogP contribution in [0.5, 0.6) is 0 Å². The van der Waals surface area contributed by atoms with E-state index in [2.05, 4.69) is 21.3 Å². The zero-order valence-corrected chi connectivity index (χ0v) is 20.9. The molecule has 2 aliphatic heterocycles. The summed E-state index contributed by atoms with van der Waals surface area (Å²) in [5.41, 5.74) is 3.93. The van der Waals surface area contributed by atoms with Gasteiger partial charge >= 0.3 is 0 Å². The van der Waals surface area contributed by atoms with Gasteiger partial charge in [-0.1, -0.05) is 12.8 Å². The number of benzene rings is 1. The number of fused-ring (bicyclic) bond motifs is 1. The number of aromatic nitrogens is 1. The second-order valence-corrected chi connectivity index (χ2v) is 12.8. The van der Waals surface area contributed by atoms with E-state index in [9.17, 15) is 8.42 Å². The van der Waals surface area contributed by atoms with Crippen LogP contribution in [0.1, 0.15) is 43.4 Å². The Balaban J connectivity index is 1.36. The van der Waals surface area contributed by atoms with Gasteiger partial charge in [-0.15, -0.1) is 11.8 Å². The fourth-order valence-electron chi connectivity index (χ4n) is 5.08. The van der Waals surface area contributed by atoms with Gasteiger partial charge in [0.2, 0.25) is 0 Å². The molecule has 1 saturated carbocycles. The van der Waals surface area contributed by atoms with Crippen LogP contribution in [0.15, 0.2) is 23.2 Å². The van der Waals surface area contributed by atoms with Crippen LogP contribution in [-0.4, -0.2) is 80.3 Å². The van der Waals surface area contributed by atoms with Crippen LogP contribution >= 0.6 is 11.8 Å². The topological polar surface area (TPSA) is 86.8 Å². The summed E-state index contributed by atoms with van der Waals surface area (Å²) in [4.78, 5) is 11.1. The Labute approximate surface area is 200 Å². The second-order valence-electron chi connectivity index (χ2n) is 9.63. The standard InChI is InChI=1S/C24H34N4O3S2/c1-33(29,30)16-17-12-18-14-22(27-23(18)21(13-17)25-19-4-2-3-5-19)24-26-20(15-32-24)6-7-28-8-10-31-11-9-28/h12-14,19-20,25,27H,2-11,15-16H2,1H3. The van der Waals surface area contributed by atoms with Crippen molar-refractivity contribution in [3.63, 3.8) is 0 Å². The molecule has 0 spiro atoms. The van der Waals surface area contributed by atoms with Gasteiger partial charge in [-0.25, -0.2) is 8.42 Å². The number of sulfone groups is 1. The number of morpholine rings is 1. The third kappa shape index (κ3) is 5.93. The Morgan fingerprint density at radius 3 is 2.76 bits per heavy atom. The van der Waals surface area contributed by atoms with Gasteiger partial charge in [0.1, 0.15) is 5.04 Å². The van der Waals surface area contributed by atoms with E-state index in [1.807, 2.05) is 23.9 Å². The highest BCUT2D eigenvalue weighted by atomic mass is 32.2. The molecule has 5 rings (SSSR count). The quantitative estimate of drug-likeness (QED) is 0.587. The number of rotatable bonds is 8. The fraction of sp³-hybridized carbons (Fsp3) is 0.625. The van der Waals surface area contributed by atoms with Crippen molar-refractivity contribution in [2.24, 2.45) is 4.99 Å². The summed E-state index contributed by atoms with van der Waals surface area (Å²) in [5.74, 6) is 1.07. The van der Waals surface area contributed by atoms with E-state index in [0.717, 1.165) is 77.9 Å². The molecular formula is C24H34N4O3S2. The number of ether oxygens (including phenoxy) is 1. The lowest BCUT2D eigenvalue weighted by Crippen LogP contribution is -2.37. The molecule has 0 radical (unpaired) electrons. The first-order chi connectivity index (χ1) is 15.9. The van der Waals surface area contributed by atoms with Gasteiger partial charge in [0, 0.05) is 43.1 Å². The predicted molar refractivity (Wildman–Crippen MR) is 137 cm³/mol. The minimum absolute atomic E-state index is 0.0576. The SMILES string of the molecule is CS(=O)(=O)Cc1cc(NC2CCCC2)c2[nH]c(C3=NC(CCN4CCOCC4)CS3)cc2c1. The molecule has 2 N–H and O–H groups in total. The molecule has 9 heteroatoms. The van der Waals surface area contributed by atoms with Gasteiger partial charge in [-0.2, -0.15) is 0 Å². The first-order valence-corrected chi connectivity index (χ1v) is 15.1. The molecule has 3 heterocycles. The number of H-pyrrole nitrogens is 1. The van der Waals surface area contributed by atoms with E-state index < -0.39 is 9.84 Å². The second kappa shape index (κ2) is 9.98. The predicted octanol–water partition coefficient (Wildman–Crippen LogP) is 3.65. The van der Waals surface area contributed by atoms with Gasteiger partial charge in [0.25, 0.3) is 0 Å². The molecule has 1 unspecified atom stereocenters.